The number of nitrogens with one attached hydrogen (secondary N) is 1. The maximum atomic E-state index is 12.4. The number of unbranched alkanes of at least 4 members (excludes halogenated alkanes) is 1. The highest BCUT2D eigenvalue weighted by atomic mass is 16.5. The zero-order chi connectivity index (χ0) is 18.1. The van der Waals surface area contributed by atoms with Crippen molar-refractivity contribution < 1.29 is 9.53 Å². The van der Waals surface area contributed by atoms with Crippen molar-refractivity contribution in [3.8, 4) is 5.75 Å². The average Bonchev–Trinajstić information content (AvgIpc) is 2.66. The van der Waals surface area contributed by atoms with Crippen LogP contribution in [0.5, 0.6) is 5.75 Å². The Hall–Kier alpha value is -2.56. The molecule has 5 nitrogen and oxygen atoms in total. The standard InChI is InChI=1S/C20H27N3O2/c1-4-5-14-23(2)20(24)18-15-17(11-13-22-18)21-12-10-16-8-6-7-9-19(16)25-3/h6-9,11,13,15H,4-5,10,12,14H2,1-3H3,(H,21,22). The third-order valence-electron chi connectivity index (χ3n) is 4.09. The van der Waals surface area contributed by atoms with E-state index in [0.29, 0.717) is 5.69 Å². The molecule has 1 aromatic carbocycles. The van der Waals surface area contributed by atoms with Gasteiger partial charge in [0.25, 0.3) is 5.91 Å². The minimum Gasteiger partial charge on any atom is -0.496 e. The number of para-hydroxylation sites is 1. The Balaban J connectivity index is 1.94. The predicted molar refractivity (Wildman–Crippen MR) is 101 cm³/mol. The van der Waals surface area contributed by atoms with E-state index in [1.54, 1.807) is 18.2 Å². The highest BCUT2D eigenvalue weighted by Crippen LogP contribution is 2.18. The molecule has 5 heteroatoms. The monoisotopic (exact) mass is 341 g/mol. The lowest BCUT2D eigenvalue weighted by atomic mass is 10.1. The third-order valence-corrected chi connectivity index (χ3v) is 4.09. The lowest BCUT2D eigenvalue weighted by Crippen LogP contribution is -2.28. The summed E-state index contributed by atoms with van der Waals surface area (Å²) >= 11 is 0. The highest BCUT2D eigenvalue weighted by molar-refractivity contribution is 5.92. The summed E-state index contributed by atoms with van der Waals surface area (Å²) in [6.07, 6.45) is 4.58. The van der Waals surface area contributed by atoms with Gasteiger partial charge in [0, 0.05) is 32.0 Å². The summed E-state index contributed by atoms with van der Waals surface area (Å²) in [7, 11) is 3.50. The fourth-order valence-electron chi connectivity index (χ4n) is 2.60. The fourth-order valence-corrected chi connectivity index (χ4v) is 2.60. The van der Waals surface area contributed by atoms with E-state index < -0.39 is 0 Å². The van der Waals surface area contributed by atoms with E-state index in [4.69, 9.17) is 4.74 Å². The first kappa shape index (κ1) is 18.8. The Labute approximate surface area is 150 Å². The number of hydrogen-bond acceptors (Lipinski definition) is 4. The molecule has 25 heavy (non-hydrogen) atoms. The van der Waals surface area contributed by atoms with Crippen LogP contribution in [0.1, 0.15) is 35.8 Å². The molecule has 134 valence electrons. The molecule has 1 N–H and O–H groups in total. The van der Waals surface area contributed by atoms with Crippen LogP contribution in [0.2, 0.25) is 0 Å². The van der Waals surface area contributed by atoms with E-state index in [1.807, 2.05) is 37.4 Å². The first-order valence-electron chi connectivity index (χ1n) is 8.73. The first-order valence-corrected chi connectivity index (χ1v) is 8.73. The minimum absolute atomic E-state index is 0.0400. The molecular formula is C20H27N3O2. The van der Waals surface area contributed by atoms with Gasteiger partial charge >= 0.3 is 0 Å². The van der Waals surface area contributed by atoms with Crippen molar-refractivity contribution >= 4 is 11.6 Å². The lowest BCUT2D eigenvalue weighted by Gasteiger charge is -2.16. The Morgan fingerprint density at radius 1 is 1.28 bits per heavy atom. The van der Waals surface area contributed by atoms with Crippen molar-refractivity contribution in [1.82, 2.24) is 9.88 Å². The number of methoxy groups -OCH3 is 1. The number of carbonyl (C=O) groups excluding carboxylic acids is 1. The molecule has 0 saturated heterocycles. The lowest BCUT2D eigenvalue weighted by molar-refractivity contribution is 0.0787. The van der Waals surface area contributed by atoms with Gasteiger partial charge in [0.15, 0.2) is 0 Å². The number of ether oxygens (including phenoxy) is 1. The van der Waals surface area contributed by atoms with Gasteiger partial charge in [0.05, 0.1) is 7.11 Å². The van der Waals surface area contributed by atoms with Crippen LogP contribution in [0.15, 0.2) is 42.6 Å². The molecule has 0 unspecified atom stereocenters. The number of anilines is 1. The fraction of sp³-hybridized carbons (Fsp3) is 0.400. The Bertz CT molecular complexity index is 688. The number of hydrogen-bond donors (Lipinski definition) is 1. The normalized spacial score (nSPS) is 10.4. The quantitative estimate of drug-likeness (QED) is 0.757. The minimum atomic E-state index is -0.0400. The molecule has 0 aliphatic carbocycles. The molecule has 0 aliphatic rings. The Morgan fingerprint density at radius 3 is 2.84 bits per heavy atom. The van der Waals surface area contributed by atoms with Crippen LogP contribution < -0.4 is 10.1 Å². The van der Waals surface area contributed by atoms with E-state index in [1.165, 1.54) is 0 Å². The van der Waals surface area contributed by atoms with E-state index >= 15 is 0 Å². The van der Waals surface area contributed by atoms with Gasteiger partial charge in [-0.3, -0.25) is 9.78 Å². The molecule has 2 aromatic rings. The summed E-state index contributed by atoms with van der Waals surface area (Å²) in [6, 6.07) is 11.7. The Morgan fingerprint density at radius 2 is 2.08 bits per heavy atom. The SMILES string of the molecule is CCCCN(C)C(=O)c1cc(NCCc2ccccc2OC)ccn1. The van der Waals surface area contributed by atoms with Crippen LogP contribution >= 0.6 is 0 Å². The van der Waals surface area contributed by atoms with Crippen molar-refractivity contribution in [3.05, 3.63) is 53.9 Å². The second kappa shape index (κ2) is 9.67. The van der Waals surface area contributed by atoms with Gasteiger partial charge in [-0.05, 0) is 36.6 Å². The molecule has 0 aliphatic heterocycles. The number of carbonyl (C=O) groups is 1. The van der Waals surface area contributed by atoms with E-state index in [0.717, 1.165) is 49.4 Å². The van der Waals surface area contributed by atoms with Crippen LogP contribution in [-0.2, 0) is 6.42 Å². The molecule has 1 aromatic heterocycles. The molecule has 1 heterocycles. The Kier molecular flexibility index (Phi) is 7.26. The maximum absolute atomic E-state index is 12.4. The zero-order valence-electron chi connectivity index (χ0n) is 15.3. The average molecular weight is 341 g/mol. The number of amides is 1. The largest absolute Gasteiger partial charge is 0.496 e. The van der Waals surface area contributed by atoms with Gasteiger partial charge < -0.3 is 15.0 Å². The summed E-state index contributed by atoms with van der Waals surface area (Å²) < 4.78 is 5.37. The molecule has 0 spiro atoms. The van der Waals surface area contributed by atoms with Gasteiger partial charge in [0.1, 0.15) is 11.4 Å². The summed E-state index contributed by atoms with van der Waals surface area (Å²) in [5, 5.41) is 3.36. The summed E-state index contributed by atoms with van der Waals surface area (Å²) in [6.45, 7) is 3.62. The number of aromatic nitrogens is 1. The smallest absolute Gasteiger partial charge is 0.272 e. The molecule has 0 saturated carbocycles. The van der Waals surface area contributed by atoms with Crippen LogP contribution in [-0.4, -0.2) is 43.0 Å². The molecule has 0 radical (unpaired) electrons. The van der Waals surface area contributed by atoms with Gasteiger partial charge in [-0.15, -0.1) is 0 Å². The van der Waals surface area contributed by atoms with E-state index in [9.17, 15) is 4.79 Å². The van der Waals surface area contributed by atoms with Gasteiger partial charge in [-0.25, -0.2) is 0 Å². The number of benzene rings is 1. The second-order valence-electron chi connectivity index (χ2n) is 6.00. The number of pyridine rings is 1. The third kappa shape index (κ3) is 5.48. The van der Waals surface area contributed by atoms with Crippen molar-refractivity contribution in [2.45, 2.75) is 26.2 Å². The molecule has 0 fully saturated rings. The topological polar surface area (TPSA) is 54.5 Å². The first-order chi connectivity index (χ1) is 12.2. The highest BCUT2D eigenvalue weighted by Gasteiger charge is 2.13. The molecule has 2 rings (SSSR count). The van der Waals surface area contributed by atoms with Crippen LogP contribution in [0.4, 0.5) is 5.69 Å². The summed E-state index contributed by atoms with van der Waals surface area (Å²) in [4.78, 5) is 18.3. The van der Waals surface area contributed by atoms with Crippen LogP contribution in [0.25, 0.3) is 0 Å². The summed E-state index contributed by atoms with van der Waals surface area (Å²) in [5.74, 6) is 0.856. The van der Waals surface area contributed by atoms with Crippen LogP contribution in [0, 0.1) is 0 Å². The zero-order valence-corrected chi connectivity index (χ0v) is 15.3. The molecule has 0 atom stereocenters. The maximum Gasteiger partial charge on any atom is 0.272 e. The number of rotatable bonds is 9. The van der Waals surface area contributed by atoms with Gasteiger partial charge in [-0.1, -0.05) is 31.5 Å². The van der Waals surface area contributed by atoms with Crippen molar-refractivity contribution in [1.29, 1.82) is 0 Å². The predicted octanol–water partition coefficient (Wildman–Crippen LogP) is 3.62. The van der Waals surface area contributed by atoms with Crippen molar-refractivity contribution in [2.75, 3.05) is 32.6 Å². The molecular weight excluding hydrogens is 314 g/mol. The van der Waals surface area contributed by atoms with Crippen molar-refractivity contribution in [2.24, 2.45) is 0 Å². The molecule has 1 amide bonds. The number of nitrogens with zero attached hydrogens (tertiary/aromatic N) is 2. The van der Waals surface area contributed by atoms with Crippen molar-refractivity contribution in [3.63, 3.8) is 0 Å². The molecule has 0 bridgehead atoms. The second-order valence-corrected chi connectivity index (χ2v) is 6.00. The van der Waals surface area contributed by atoms with Crippen LogP contribution in [0.3, 0.4) is 0 Å². The van der Waals surface area contributed by atoms with Gasteiger partial charge in [-0.2, -0.15) is 0 Å². The summed E-state index contributed by atoms with van der Waals surface area (Å²) in [5.41, 5.74) is 2.53. The van der Waals surface area contributed by atoms with Gasteiger partial charge in [0.2, 0.25) is 0 Å². The van der Waals surface area contributed by atoms with E-state index in [2.05, 4.69) is 23.3 Å². The van der Waals surface area contributed by atoms with E-state index in [-0.39, 0.29) is 5.91 Å².